The molecule has 1 aliphatic carbocycles. The summed E-state index contributed by atoms with van der Waals surface area (Å²) in [6, 6.07) is 11.2. The van der Waals surface area contributed by atoms with Gasteiger partial charge < -0.3 is 9.73 Å². The summed E-state index contributed by atoms with van der Waals surface area (Å²) in [6.45, 7) is 5.86. The molecule has 0 bridgehead atoms. The Labute approximate surface area is 231 Å². The van der Waals surface area contributed by atoms with Gasteiger partial charge in [-0.15, -0.1) is 0 Å². The first-order valence-corrected chi connectivity index (χ1v) is 17.1. The van der Waals surface area contributed by atoms with Crippen molar-refractivity contribution in [2.24, 2.45) is 5.92 Å². The van der Waals surface area contributed by atoms with Crippen LogP contribution in [-0.2, 0) is 26.0 Å². The molecule has 0 radical (unpaired) electrons. The summed E-state index contributed by atoms with van der Waals surface area (Å²) in [5, 5.41) is 4.56. The van der Waals surface area contributed by atoms with Gasteiger partial charge in [0.15, 0.2) is 5.76 Å². The minimum absolute atomic E-state index is 0.0173. The lowest BCUT2D eigenvalue weighted by molar-refractivity contribution is 0.0900. The largest absolute Gasteiger partial charge is 0.432 e. The zero-order valence-corrected chi connectivity index (χ0v) is 24.4. The molecule has 1 saturated carbocycles. The van der Waals surface area contributed by atoms with Crippen LogP contribution < -0.4 is 10.0 Å². The molecule has 2 aromatic carbocycles. The summed E-state index contributed by atoms with van der Waals surface area (Å²) in [4.78, 5) is 18.4. The van der Waals surface area contributed by atoms with Gasteiger partial charge in [0, 0.05) is 17.1 Å². The molecule has 2 N–H and O–H groups in total. The highest BCUT2D eigenvalue weighted by Crippen LogP contribution is 2.38. The number of aromatic nitrogens is 1. The van der Waals surface area contributed by atoms with Crippen molar-refractivity contribution in [1.29, 1.82) is 0 Å². The van der Waals surface area contributed by atoms with E-state index in [0.717, 1.165) is 34.9 Å². The maximum absolute atomic E-state index is 13.7. The van der Waals surface area contributed by atoms with Crippen LogP contribution in [0.25, 0.3) is 22.1 Å². The molecule has 10 heteroatoms. The second-order valence-electron chi connectivity index (χ2n) is 11.9. The Morgan fingerprint density at radius 2 is 1.74 bits per heavy atom. The fourth-order valence-electron chi connectivity index (χ4n) is 5.36. The Bertz CT molecular complexity index is 1600. The van der Waals surface area contributed by atoms with E-state index in [9.17, 15) is 17.4 Å². The molecule has 3 aromatic rings. The summed E-state index contributed by atoms with van der Waals surface area (Å²) in [7, 11) is -5.83. The van der Waals surface area contributed by atoms with Gasteiger partial charge >= 0.3 is 5.91 Å². The SMILES string of the molecule is C=S(=O)(NC(C)(C)C)c1ccc(-c2oc(C(=O)NC3CCS(=O)(=O)CC3)nc2CC2CCC2)c2ccccc12. The van der Waals surface area contributed by atoms with Crippen LogP contribution in [0.4, 0.5) is 0 Å². The van der Waals surface area contributed by atoms with Crippen molar-refractivity contribution in [2.45, 2.75) is 75.8 Å². The molecule has 5 rings (SSSR count). The highest BCUT2D eigenvalue weighted by Gasteiger charge is 2.30. The lowest BCUT2D eigenvalue weighted by Crippen LogP contribution is -2.41. The van der Waals surface area contributed by atoms with Crippen LogP contribution in [0.3, 0.4) is 0 Å². The number of oxazole rings is 1. The third kappa shape index (κ3) is 6.23. The molecule has 1 saturated heterocycles. The Hall–Kier alpha value is -2.69. The van der Waals surface area contributed by atoms with Gasteiger partial charge in [0.05, 0.1) is 31.8 Å². The zero-order chi connectivity index (χ0) is 28.0. The number of hydrogen-bond donors (Lipinski definition) is 2. The maximum atomic E-state index is 13.7. The molecule has 0 spiro atoms. The predicted molar refractivity (Wildman–Crippen MR) is 156 cm³/mol. The van der Waals surface area contributed by atoms with Crippen molar-refractivity contribution in [1.82, 2.24) is 15.0 Å². The standard InChI is InChI=1S/C29H37N3O5S2/c1-29(2,3)32-38(4,34)25-13-12-23(21-10-5-6-11-22(21)25)26-24(18-19-8-7-9-19)31-28(37-26)27(33)30-20-14-16-39(35,36)17-15-20/h5-6,10-13,19-20H,4,7-9,14-18H2,1-3H3,(H,30,33)(H,32,34). The van der Waals surface area contributed by atoms with E-state index in [1.165, 1.54) is 6.42 Å². The van der Waals surface area contributed by atoms with Crippen molar-refractivity contribution >= 4 is 42.1 Å². The van der Waals surface area contributed by atoms with E-state index < -0.39 is 31.0 Å². The molecule has 1 aromatic heterocycles. The van der Waals surface area contributed by atoms with E-state index in [0.29, 0.717) is 35.8 Å². The number of hydrogen-bond acceptors (Lipinski definition) is 6. The fraction of sp³-hybridized carbons (Fsp3) is 0.483. The number of nitrogens with zero attached hydrogens (tertiary/aromatic N) is 1. The van der Waals surface area contributed by atoms with E-state index in [-0.39, 0.29) is 23.4 Å². The van der Waals surface area contributed by atoms with Crippen LogP contribution in [0.15, 0.2) is 45.7 Å². The van der Waals surface area contributed by atoms with Gasteiger partial charge in [0.2, 0.25) is 0 Å². The van der Waals surface area contributed by atoms with Gasteiger partial charge in [-0.25, -0.2) is 22.3 Å². The monoisotopic (exact) mass is 571 g/mol. The summed E-state index contributed by atoms with van der Waals surface area (Å²) in [5.74, 6) is 4.76. The average Bonchev–Trinajstić information content (AvgIpc) is 3.24. The zero-order valence-electron chi connectivity index (χ0n) is 22.8. The van der Waals surface area contributed by atoms with Crippen LogP contribution in [0.1, 0.15) is 69.3 Å². The number of carbonyl (C=O) groups is 1. The van der Waals surface area contributed by atoms with Crippen LogP contribution in [0.2, 0.25) is 0 Å². The molecular weight excluding hydrogens is 534 g/mol. The normalized spacial score (nSPS) is 19.9. The van der Waals surface area contributed by atoms with E-state index in [2.05, 4.69) is 20.9 Å². The topological polar surface area (TPSA) is 118 Å². The van der Waals surface area contributed by atoms with Gasteiger partial charge in [-0.1, -0.05) is 43.5 Å². The first kappa shape index (κ1) is 27.9. The number of carbonyl (C=O) groups excluding carboxylic acids is 1. The molecule has 1 aliphatic heterocycles. The van der Waals surface area contributed by atoms with Crippen LogP contribution in [-0.4, -0.2) is 52.5 Å². The quantitative estimate of drug-likeness (QED) is 0.403. The van der Waals surface area contributed by atoms with Gasteiger partial charge in [-0.2, -0.15) is 0 Å². The van der Waals surface area contributed by atoms with Gasteiger partial charge in [-0.3, -0.25) is 4.79 Å². The number of nitrogens with one attached hydrogen (secondary N) is 2. The molecule has 2 heterocycles. The van der Waals surface area contributed by atoms with Gasteiger partial charge in [-0.05, 0) is 74.7 Å². The number of rotatable bonds is 7. The fourth-order valence-corrected chi connectivity index (χ4v) is 8.77. The maximum Gasteiger partial charge on any atom is 0.307 e. The highest BCUT2D eigenvalue weighted by molar-refractivity contribution is 7.98. The lowest BCUT2D eigenvalue weighted by Gasteiger charge is -2.25. The second kappa shape index (κ2) is 10.4. The van der Waals surface area contributed by atoms with Crippen LogP contribution in [0, 0.1) is 5.92 Å². The van der Waals surface area contributed by atoms with Gasteiger partial charge in [0.25, 0.3) is 5.89 Å². The molecule has 2 aliphatic rings. The second-order valence-corrected chi connectivity index (χ2v) is 16.2. The Morgan fingerprint density at radius 3 is 2.36 bits per heavy atom. The van der Waals surface area contributed by atoms with E-state index in [1.54, 1.807) is 0 Å². The third-order valence-corrected chi connectivity index (χ3v) is 11.2. The van der Waals surface area contributed by atoms with Crippen LogP contribution >= 0.6 is 0 Å². The van der Waals surface area contributed by atoms with E-state index in [4.69, 9.17) is 4.42 Å². The first-order chi connectivity index (χ1) is 18.3. The molecule has 39 heavy (non-hydrogen) atoms. The van der Waals surface area contributed by atoms with Crippen molar-refractivity contribution < 1.29 is 21.8 Å². The Balaban J connectivity index is 1.53. The van der Waals surface area contributed by atoms with E-state index in [1.807, 2.05) is 57.2 Å². The molecular formula is C29H37N3O5S2. The average molecular weight is 572 g/mol. The molecule has 210 valence electrons. The summed E-state index contributed by atoms with van der Waals surface area (Å²) in [6.07, 6.45) is 4.90. The lowest BCUT2D eigenvalue weighted by atomic mass is 9.81. The number of sulfone groups is 1. The summed E-state index contributed by atoms with van der Waals surface area (Å²) >= 11 is 0. The third-order valence-electron chi connectivity index (χ3n) is 7.44. The minimum Gasteiger partial charge on any atom is -0.432 e. The first-order valence-electron chi connectivity index (χ1n) is 13.5. The number of amides is 1. The van der Waals surface area contributed by atoms with Gasteiger partial charge in [0.1, 0.15) is 9.84 Å². The minimum atomic E-state index is -3.03. The summed E-state index contributed by atoms with van der Waals surface area (Å²) in [5.41, 5.74) is 1.12. The molecule has 1 unspecified atom stereocenters. The molecule has 1 atom stereocenters. The Kier molecular flexibility index (Phi) is 7.41. The Morgan fingerprint density at radius 1 is 1.08 bits per heavy atom. The van der Waals surface area contributed by atoms with Crippen LogP contribution in [0.5, 0.6) is 0 Å². The summed E-state index contributed by atoms with van der Waals surface area (Å²) < 4.78 is 46.6. The number of benzene rings is 2. The van der Waals surface area contributed by atoms with Crippen molar-refractivity contribution in [2.75, 3.05) is 11.5 Å². The predicted octanol–water partition coefficient (Wildman–Crippen LogP) is 4.52. The van der Waals surface area contributed by atoms with Crippen molar-refractivity contribution in [3.05, 3.63) is 48.0 Å². The molecule has 1 amide bonds. The van der Waals surface area contributed by atoms with Crippen molar-refractivity contribution in [3.63, 3.8) is 0 Å². The highest BCUT2D eigenvalue weighted by atomic mass is 32.2. The smallest absolute Gasteiger partial charge is 0.307 e. The van der Waals surface area contributed by atoms with Crippen molar-refractivity contribution in [3.8, 4) is 11.3 Å². The number of fused-ring (bicyclic) bond motifs is 1. The van der Waals surface area contributed by atoms with E-state index >= 15 is 0 Å². The molecule has 2 fully saturated rings. The molecule has 8 nitrogen and oxygen atoms in total.